The molecule has 0 radical (unpaired) electrons. The number of thiazole rings is 1. The molecule has 0 fully saturated rings. The van der Waals surface area contributed by atoms with Gasteiger partial charge in [0.2, 0.25) is 11.8 Å². The van der Waals surface area contributed by atoms with E-state index in [1.807, 2.05) is 30.3 Å². The van der Waals surface area contributed by atoms with Gasteiger partial charge in [0.05, 0.1) is 15.7 Å². The van der Waals surface area contributed by atoms with Crippen molar-refractivity contribution < 1.29 is 28.1 Å². The van der Waals surface area contributed by atoms with Crippen molar-refractivity contribution >= 4 is 39.1 Å². The summed E-state index contributed by atoms with van der Waals surface area (Å²) >= 11 is 1.51. The van der Waals surface area contributed by atoms with Crippen LogP contribution in [0.5, 0.6) is 0 Å². The minimum atomic E-state index is -0.819. The number of anilines is 1. The van der Waals surface area contributed by atoms with Gasteiger partial charge in [0, 0.05) is 30.0 Å². The smallest absolute Gasteiger partial charge is 0.249 e. The number of fused-ring (bicyclic) bond motifs is 1. The van der Waals surface area contributed by atoms with Crippen molar-refractivity contribution in [2.45, 2.75) is 32.7 Å². The van der Waals surface area contributed by atoms with Crippen molar-refractivity contribution in [3.8, 4) is 0 Å². The molecule has 0 bridgehead atoms. The summed E-state index contributed by atoms with van der Waals surface area (Å²) in [6, 6.07) is 18.2. The minimum absolute atomic E-state index is 0. The molecular weight excluding hydrogens is 484 g/mol. The second-order valence-corrected chi connectivity index (χ2v) is 9.01. The van der Waals surface area contributed by atoms with E-state index in [0.29, 0.717) is 11.3 Å². The summed E-state index contributed by atoms with van der Waals surface area (Å²) in [6.45, 7) is 3.41. The largest absolute Gasteiger partial charge is 0.412 e. The van der Waals surface area contributed by atoms with Crippen molar-refractivity contribution in [1.82, 2.24) is 10.3 Å². The van der Waals surface area contributed by atoms with E-state index >= 15 is 0 Å². The number of aryl methyl sites for hydroxylation is 2. The van der Waals surface area contributed by atoms with E-state index in [2.05, 4.69) is 29.4 Å². The molecule has 36 heavy (non-hydrogen) atoms. The molecule has 1 heterocycles. The molecule has 9 heteroatoms. The number of hydrogen-bond acceptors (Lipinski definition) is 4. The van der Waals surface area contributed by atoms with E-state index in [9.17, 15) is 18.4 Å². The Morgan fingerprint density at radius 1 is 1.06 bits per heavy atom. The molecule has 1 atom stereocenters. The number of carbonyl (C=O) groups is 2. The van der Waals surface area contributed by atoms with Crippen LogP contribution in [-0.2, 0) is 16.0 Å². The Hall–Kier alpha value is -3.69. The van der Waals surface area contributed by atoms with Gasteiger partial charge in [-0.25, -0.2) is 13.8 Å². The lowest BCUT2D eigenvalue weighted by Gasteiger charge is -2.24. The third-order valence-corrected chi connectivity index (χ3v) is 6.10. The van der Waals surface area contributed by atoms with Crippen molar-refractivity contribution in [3.05, 3.63) is 95.0 Å². The van der Waals surface area contributed by atoms with Crippen LogP contribution < -0.4 is 10.2 Å². The number of amides is 2. The fourth-order valence-electron chi connectivity index (χ4n) is 3.52. The number of likely N-dealkylation sites (N-methyl/N-ethyl adjacent to an activating group) is 1. The monoisotopic (exact) mass is 519 g/mol. The van der Waals surface area contributed by atoms with Crippen LogP contribution in [0.4, 0.5) is 14.5 Å². The summed E-state index contributed by atoms with van der Waals surface area (Å²) < 4.78 is 27.8. The third-order valence-electron chi connectivity index (χ3n) is 5.29. The molecular formula is C27H35F2N3O3S. The molecule has 0 aliphatic heterocycles. The molecule has 0 aliphatic rings. The molecule has 0 saturated heterocycles. The Bertz CT molecular complexity index is 1290. The summed E-state index contributed by atoms with van der Waals surface area (Å²) in [5, 5.41) is 2.63. The number of halogens is 2. The first-order valence-corrected chi connectivity index (χ1v) is 12.0. The van der Waals surface area contributed by atoms with E-state index in [-0.39, 0.29) is 34.4 Å². The number of rotatable bonds is 6. The van der Waals surface area contributed by atoms with Crippen LogP contribution in [-0.4, -0.2) is 35.4 Å². The Balaban J connectivity index is 0. The Morgan fingerprint density at radius 2 is 1.72 bits per heavy atom. The molecule has 4 rings (SSSR count). The summed E-state index contributed by atoms with van der Waals surface area (Å²) in [6.07, 6.45) is 0.453. The summed E-state index contributed by atoms with van der Waals surface area (Å²) in [7, 11) is 1.62. The maximum Gasteiger partial charge on any atom is 0.249 e. The zero-order valence-corrected chi connectivity index (χ0v) is 21.1. The Labute approximate surface area is 217 Å². The highest BCUT2D eigenvalue weighted by Gasteiger charge is 2.24. The van der Waals surface area contributed by atoms with Crippen LogP contribution in [0.1, 0.15) is 28.8 Å². The topological polar surface area (TPSA) is 93.8 Å². The fourth-order valence-corrected chi connectivity index (χ4v) is 4.18. The number of nitrogens with zero attached hydrogens (tertiary/aromatic N) is 2. The van der Waals surface area contributed by atoms with Gasteiger partial charge in [-0.2, -0.15) is 0 Å². The molecule has 2 amide bonds. The van der Waals surface area contributed by atoms with Crippen LogP contribution in [0.2, 0.25) is 0 Å². The van der Waals surface area contributed by atoms with Gasteiger partial charge in [0.25, 0.3) is 0 Å². The lowest BCUT2D eigenvalue weighted by Crippen LogP contribution is -2.47. The number of benzene rings is 3. The summed E-state index contributed by atoms with van der Waals surface area (Å²) in [5.74, 6) is -2.02. The molecule has 4 aromatic rings. The highest BCUT2D eigenvalue weighted by atomic mass is 32.1. The van der Waals surface area contributed by atoms with Crippen LogP contribution in [0.25, 0.3) is 10.2 Å². The van der Waals surface area contributed by atoms with Gasteiger partial charge in [0.1, 0.15) is 17.7 Å². The predicted molar refractivity (Wildman–Crippen MR) is 146 cm³/mol. The third kappa shape index (κ3) is 8.21. The van der Waals surface area contributed by atoms with Crippen LogP contribution in [0.15, 0.2) is 72.2 Å². The molecule has 3 aromatic carbocycles. The zero-order chi connectivity index (χ0) is 25.4. The van der Waals surface area contributed by atoms with Crippen LogP contribution in [0, 0.1) is 18.6 Å². The Kier molecular flexibility index (Phi) is 10.6. The van der Waals surface area contributed by atoms with Gasteiger partial charge in [-0.1, -0.05) is 35.9 Å². The van der Waals surface area contributed by atoms with Crippen molar-refractivity contribution in [2.24, 2.45) is 0 Å². The molecule has 0 aliphatic carbocycles. The normalized spacial score (nSPS) is 11.0. The average Bonchev–Trinajstić information content (AvgIpc) is 3.29. The highest BCUT2D eigenvalue weighted by molar-refractivity contribution is 7.16. The van der Waals surface area contributed by atoms with Gasteiger partial charge < -0.3 is 15.7 Å². The second-order valence-electron chi connectivity index (χ2n) is 8.13. The van der Waals surface area contributed by atoms with Crippen LogP contribution in [0.3, 0.4) is 0 Å². The highest BCUT2D eigenvalue weighted by Crippen LogP contribution is 2.24. The summed E-state index contributed by atoms with van der Waals surface area (Å²) in [5.41, 5.74) is 4.91. The first-order chi connectivity index (χ1) is 16.7. The van der Waals surface area contributed by atoms with Crippen LogP contribution >= 0.6 is 11.3 Å². The molecule has 6 nitrogen and oxygen atoms in total. The minimum Gasteiger partial charge on any atom is -0.412 e. The van der Waals surface area contributed by atoms with E-state index in [0.717, 1.165) is 16.3 Å². The summed E-state index contributed by atoms with van der Waals surface area (Å²) in [4.78, 5) is 30.2. The molecule has 196 valence electrons. The lowest BCUT2D eigenvalue weighted by atomic mass is 10.0. The van der Waals surface area contributed by atoms with Gasteiger partial charge in [-0.15, -0.1) is 11.3 Å². The van der Waals surface area contributed by atoms with Crippen molar-refractivity contribution in [1.29, 1.82) is 0 Å². The van der Waals surface area contributed by atoms with Gasteiger partial charge >= 0.3 is 0 Å². The van der Waals surface area contributed by atoms with Gasteiger partial charge in [0.15, 0.2) is 0 Å². The van der Waals surface area contributed by atoms with E-state index in [4.69, 9.17) is 0 Å². The molecule has 0 saturated carbocycles. The Morgan fingerprint density at radius 3 is 2.31 bits per heavy atom. The lowest BCUT2D eigenvalue weighted by molar-refractivity contribution is -0.126. The predicted octanol–water partition coefficient (Wildman–Crippen LogP) is 5.58. The fraction of sp³-hybridized carbons (Fsp3) is 0.222. The number of carbonyl (C=O) groups excluding carboxylic acids is 2. The zero-order valence-electron chi connectivity index (χ0n) is 20.3. The first kappa shape index (κ1) is 28.5. The maximum absolute atomic E-state index is 13.4. The number of aromatic nitrogens is 1. The number of hydrogen-bond donors (Lipinski definition) is 1. The van der Waals surface area contributed by atoms with E-state index in [1.165, 1.54) is 40.9 Å². The average molecular weight is 520 g/mol. The molecule has 3 N–H and O–H groups in total. The second kappa shape index (κ2) is 13.4. The first-order valence-electron chi connectivity index (χ1n) is 11.1. The van der Waals surface area contributed by atoms with Gasteiger partial charge in [-0.3, -0.25) is 9.59 Å². The van der Waals surface area contributed by atoms with Gasteiger partial charge in [-0.05, 0) is 55.7 Å². The van der Waals surface area contributed by atoms with E-state index < -0.39 is 17.7 Å². The standard InChI is InChI=1S/C20H19F2N3O2S.C7H8.H2O.3H2/c1-12(26)24-17(5-3-13-7-14(21)9-15(22)8-13)20(27)25(2)16-4-6-19-18(10-16)23-11-28-19;1-7-5-3-2-4-6-7;;;;/h4,6-11,17H,3,5H2,1-2H3,(H,24,26);2-6H,1H3;1H2;3*1H/t17-;;;;;/m0...../s1. The number of nitrogens with one attached hydrogen (secondary N) is 1. The SMILES string of the molecule is CC(=O)N[C@@H](CCc1cc(F)cc(F)c1)C(=O)N(C)c1ccc2scnc2c1.Cc1ccccc1.O.[HH].[HH].[HH]. The maximum atomic E-state index is 13.4. The molecule has 1 aromatic heterocycles. The molecule has 0 unspecified atom stereocenters. The van der Waals surface area contributed by atoms with E-state index in [1.54, 1.807) is 18.6 Å². The van der Waals surface area contributed by atoms with Crippen molar-refractivity contribution in [3.63, 3.8) is 0 Å². The van der Waals surface area contributed by atoms with Crippen molar-refractivity contribution in [2.75, 3.05) is 11.9 Å². The molecule has 0 spiro atoms. The quantitative estimate of drug-likeness (QED) is 0.360.